The lowest BCUT2D eigenvalue weighted by molar-refractivity contribution is -0.187. The van der Waals surface area contributed by atoms with E-state index in [4.69, 9.17) is 18.9 Å². The second-order valence-electron chi connectivity index (χ2n) is 8.55. The predicted molar refractivity (Wildman–Crippen MR) is 78.8 cm³/mol. The zero-order valence-electron chi connectivity index (χ0n) is 13.8. The highest BCUT2D eigenvalue weighted by molar-refractivity contribution is 5.86. The summed E-state index contributed by atoms with van der Waals surface area (Å²) in [4.78, 5) is 37.1. The van der Waals surface area contributed by atoms with Gasteiger partial charge in [-0.2, -0.15) is 0 Å². The topological polar surface area (TPSA) is 88.1 Å². The van der Waals surface area contributed by atoms with E-state index in [0.717, 1.165) is 6.42 Å². The molecular weight excluding hydrogens is 328 g/mol. The number of ether oxygens (including phenoxy) is 4. The number of rotatable bonds is 2. The van der Waals surface area contributed by atoms with Crippen molar-refractivity contribution in [1.82, 2.24) is 0 Å². The average Bonchev–Trinajstić information content (AvgIpc) is 3.30. The maximum absolute atomic E-state index is 13.0. The van der Waals surface area contributed by atoms with Gasteiger partial charge in [-0.3, -0.25) is 14.4 Å². The van der Waals surface area contributed by atoms with Crippen molar-refractivity contribution in [3.05, 3.63) is 0 Å². The SMILES string of the molecule is CC1C2CC3C1OC(=O)C3C2C(=O)OC1CC2CC3C(=O)OC1C3O2. The van der Waals surface area contributed by atoms with Crippen molar-refractivity contribution in [3.63, 3.8) is 0 Å². The van der Waals surface area contributed by atoms with E-state index in [2.05, 4.69) is 6.92 Å². The fraction of sp³-hybridized carbons (Fsp3) is 0.833. The van der Waals surface area contributed by atoms with Crippen molar-refractivity contribution < 1.29 is 33.3 Å². The number of fused-ring (bicyclic) bond motifs is 2. The van der Waals surface area contributed by atoms with Crippen LogP contribution in [0.1, 0.15) is 26.2 Å². The molecule has 0 aromatic carbocycles. The third kappa shape index (κ3) is 1.68. The largest absolute Gasteiger partial charge is 0.462 e. The summed E-state index contributed by atoms with van der Waals surface area (Å²) in [5.41, 5.74) is 0. The minimum atomic E-state index is -0.500. The molecule has 6 aliphatic rings. The maximum Gasteiger partial charge on any atom is 0.312 e. The Morgan fingerprint density at radius 3 is 2.64 bits per heavy atom. The quantitative estimate of drug-likeness (QED) is 0.529. The summed E-state index contributed by atoms with van der Waals surface area (Å²) < 4.78 is 22.6. The van der Waals surface area contributed by atoms with Crippen LogP contribution in [-0.4, -0.2) is 48.4 Å². The van der Waals surface area contributed by atoms with E-state index in [0.29, 0.717) is 12.8 Å². The fourth-order valence-corrected chi connectivity index (χ4v) is 6.49. The molecular formula is C18H20O7. The molecule has 0 aromatic rings. The molecule has 4 heterocycles. The molecule has 7 nitrogen and oxygen atoms in total. The first-order valence-electron chi connectivity index (χ1n) is 9.30. The Labute approximate surface area is 144 Å². The van der Waals surface area contributed by atoms with Crippen LogP contribution in [0.25, 0.3) is 0 Å². The van der Waals surface area contributed by atoms with E-state index in [1.54, 1.807) is 0 Å². The summed E-state index contributed by atoms with van der Waals surface area (Å²) >= 11 is 0. The van der Waals surface area contributed by atoms with Gasteiger partial charge in [0.15, 0.2) is 6.10 Å². The Kier molecular flexibility index (Phi) is 2.65. The van der Waals surface area contributed by atoms with E-state index in [1.165, 1.54) is 0 Å². The molecule has 7 heteroatoms. The van der Waals surface area contributed by atoms with Crippen LogP contribution in [0.15, 0.2) is 0 Å². The van der Waals surface area contributed by atoms with Gasteiger partial charge in [-0.1, -0.05) is 6.92 Å². The Bertz CT molecular complexity index is 689. The van der Waals surface area contributed by atoms with Crippen molar-refractivity contribution >= 4 is 17.9 Å². The molecule has 2 saturated carbocycles. The minimum Gasteiger partial charge on any atom is -0.462 e. The third-order valence-electron chi connectivity index (χ3n) is 7.54. The molecule has 2 aliphatic carbocycles. The molecule has 4 bridgehead atoms. The highest BCUT2D eigenvalue weighted by atomic mass is 16.6. The molecule has 4 aliphatic heterocycles. The third-order valence-corrected chi connectivity index (χ3v) is 7.54. The molecule has 0 radical (unpaired) electrons. The molecule has 0 amide bonds. The van der Waals surface area contributed by atoms with Gasteiger partial charge in [-0.15, -0.1) is 0 Å². The summed E-state index contributed by atoms with van der Waals surface area (Å²) in [5.74, 6) is -1.30. The molecule has 25 heavy (non-hydrogen) atoms. The number of carbonyl (C=O) groups is 3. The van der Waals surface area contributed by atoms with Crippen LogP contribution in [0, 0.1) is 35.5 Å². The molecule has 0 spiro atoms. The number of hydrogen-bond acceptors (Lipinski definition) is 7. The molecule has 6 rings (SSSR count). The number of hydrogen-bond donors (Lipinski definition) is 0. The van der Waals surface area contributed by atoms with Crippen molar-refractivity contribution in [3.8, 4) is 0 Å². The maximum atomic E-state index is 13.0. The van der Waals surface area contributed by atoms with Gasteiger partial charge in [-0.05, 0) is 24.7 Å². The lowest BCUT2D eigenvalue weighted by Crippen LogP contribution is -2.47. The Morgan fingerprint density at radius 2 is 1.80 bits per heavy atom. The first-order valence-corrected chi connectivity index (χ1v) is 9.30. The minimum absolute atomic E-state index is 0.0259. The molecule has 134 valence electrons. The van der Waals surface area contributed by atoms with Crippen molar-refractivity contribution in [1.29, 1.82) is 0 Å². The fourth-order valence-electron chi connectivity index (χ4n) is 6.49. The number of esters is 3. The highest BCUT2D eigenvalue weighted by Gasteiger charge is 2.68. The van der Waals surface area contributed by atoms with Gasteiger partial charge in [0.05, 0.1) is 23.9 Å². The molecule has 4 saturated heterocycles. The van der Waals surface area contributed by atoms with Crippen molar-refractivity contribution in [2.45, 2.75) is 56.7 Å². The van der Waals surface area contributed by atoms with Gasteiger partial charge in [-0.25, -0.2) is 0 Å². The summed E-state index contributed by atoms with van der Waals surface area (Å²) in [5, 5.41) is 0. The summed E-state index contributed by atoms with van der Waals surface area (Å²) in [6, 6.07) is 0. The lowest BCUT2D eigenvalue weighted by atomic mass is 9.75. The van der Waals surface area contributed by atoms with Gasteiger partial charge in [0, 0.05) is 12.3 Å². The van der Waals surface area contributed by atoms with E-state index < -0.39 is 18.1 Å². The molecule has 0 aromatic heterocycles. The summed E-state index contributed by atoms with van der Waals surface area (Å²) in [6.07, 6.45) is 0.750. The van der Waals surface area contributed by atoms with Crippen LogP contribution in [0.5, 0.6) is 0 Å². The van der Waals surface area contributed by atoms with Crippen molar-refractivity contribution in [2.75, 3.05) is 0 Å². The lowest BCUT2D eigenvalue weighted by Gasteiger charge is -2.35. The normalized spacial score (nSPS) is 56.9. The zero-order valence-corrected chi connectivity index (χ0v) is 13.8. The van der Waals surface area contributed by atoms with Gasteiger partial charge < -0.3 is 18.9 Å². The predicted octanol–water partition coefficient (Wildman–Crippen LogP) is 0.445. The smallest absolute Gasteiger partial charge is 0.312 e. The second kappa shape index (κ2) is 4.55. The van der Waals surface area contributed by atoms with Gasteiger partial charge in [0.2, 0.25) is 0 Å². The zero-order chi connectivity index (χ0) is 17.0. The van der Waals surface area contributed by atoms with Crippen LogP contribution in [-0.2, 0) is 33.3 Å². The van der Waals surface area contributed by atoms with Crippen LogP contribution >= 0.6 is 0 Å². The summed E-state index contributed by atoms with van der Waals surface area (Å²) in [7, 11) is 0. The Balaban J connectivity index is 1.24. The number of carbonyl (C=O) groups excluding carboxylic acids is 3. The highest BCUT2D eigenvalue weighted by Crippen LogP contribution is 2.60. The van der Waals surface area contributed by atoms with E-state index in [-0.39, 0.29) is 65.8 Å². The molecule has 11 atom stereocenters. The van der Waals surface area contributed by atoms with Crippen LogP contribution < -0.4 is 0 Å². The van der Waals surface area contributed by atoms with Gasteiger partial charge >= 0.3 is 17.9 Å². The first kappa shape index (κ1) is 14.5. The van der Waals surface area contributed by atoms with Crippen LogP contribution in [0.4, 0.5) is 0 Å². The van der Waals surface area contributed by atoms with Crippen LogP contribution in [0.3, 0.4) is 0 Å². The first-order chi connectivity index (χ1) is 12.0. The van der Waals surface area contributed by atoms with Gasteiger partial charge in [0.1, 0.15) is 18.3 Å². The summed E-state index contributed by atoms with van der Waals surface area (Å²) in [6.45, 7) is 2.06. The van der Waals surface area contributed by atoms with E-state index in [9.17, 15) is 14.4 Å². The Morgan fingerprint density at radius 1 is 1.00 bits per heavy atom. The average molecular weight is 348 g/mol. The monoisotopic (exact) mass is 348 g/mol. The van der Waals surface area contributed by atoms with E-state index in [1.807, 2.05) is 0 Å². The van der Waals surface area contributed by atoms with Crippen molar-refractivity contribution in [2.24, 2.45) is 35.5 Å². The van der Waals surface area contributed by atoms with Crippen LogP contribution in [0.2, 0.25) is 0 Å². The van der Waals surface area contributed by atoms with Gasteiger partial charge in [0.25, 0.3) is 0 Å². The standard InChI is InChI=1S/C18H20O7/c1-5-7-4-8-12(18(21)24-13(5)8)11(7)17(20)23-10-3-6-2-9-14(22-6)15(10)25-16(9)19/h5-15H,2-4H2,1H3. The Hall–Kier alpha value is -1.63. The molecule has 6 fully saturated rings. The molecule has 0 N–H and O–H groups in total. The second-order valence-corrected chi connectivity index (χ2v) is 8.55. The van der Waals surface area contributed by atoms with E-state index >= 15 is 0 Å². The molecule has 11 unspecified atom stereocenters.